The normalized spacial score (nSPS) is 19.6. The van der Waals surface area contributed by atoms with Crippen molar-refractivity contribution in [3.8, 4) is 6.07 Å². The Balaban J connectivity index is 2.50. The van der Waals surface area contributed by atoms with Gasteiger partial charge in [0.2, 0.25) is 5.91 Å². The molecule has 84 valence electrons. The van der Waals surface area contributed by atoms with Crippen LogP contribution in [0.4, 0.5) is 0 Å². The number of amides is 1. The van der Waals surface area contributed by atoms with Gasteiger partial charge in [-0.15, -0.1) is 0 Å². The average Bonchev–Trinajstić information content (AvgIpc) is 2.68. The second kappa shape index (κ2) is 4.65. The summed E-state index contributed by atoms with van der Waals surface area (Å²) < 4.78 is 0. The topological polar surface area (TPSA) is 52.9 Å². The fraction of sp³-hybridized carbons (Fsp3) is 0.833. The van der Waals surface area contributed by atoms with Gasteiger partial charge in [0.15, 0.2) is 0 Å². The Morgan fingerprint density at radius 2 is 2.00 bits per heavy atom. The van der Waals surface area contributed by atoms with Gasteiger partial charge in [-0.25, -0.2) is 0 Å². The molecule has 1 N–H and O–H groups in total. The molecule has 0 spiro atoms. The lowest BCUT2D eigenvalue weighted by atomic mass is 9.91. The zero-order valence-electron chi connectivity index (χ0n) is 9.84. The zero-order chi connectivity index (χ0) is 11.5. The Kier molecular flexibility index (Phi) is 3.73. The summed E-state index contributed by atoms with van der Waals surface area (Å²) in [6.07, 6.45) is 4.79. The molecular formula is C12H20N2O. The van der Waals surface area contributed by atoms with Crippen molar-refractivity contribution in [2.24, 2.45) is 11.8 Å². The van der Waals surface area contributed by atoms with E-state index in [9.17, 15) is 4.79 Å². The monoisotopic (exact) mass is 208 g/mol. The van der Waals surface area contributed by atoms with E-state index in [4.69, 9.17) is 5.26 Å². The summed E-state index contributed by atoms with van der Waals surface area (Å²) >= 11 is 0. The fourth-order valence-electron chi connectivity index (χ4n) is 2.12. The van der Waals surface area contributed by atoms with E-state index in [2.05, 4.69) is 11.4 Å². The molecule has 1 atom stereocenters. The van der Waals surface area contributed by atoms with Crippen LogP contribution in [-0.2, 0) is 4.79 Å². The molecule has 0 aliphatic heterocycles. The first-order chi connectivity index (χ1) is 6.96. The lowest BCUT2D eigenvalue weighted by Crippen LogP contribution is -2.45. The van der Waals surface area contributed by atoms with E-state index >= 15 is 0 Å². The quantitative estimate of drug-likeness (QED) is 0.773. The SMILES string of the molecule is CC(C(=O)NC(C)(C)C#N)C1CCCC1. The Morgan fingerprint density at radius 1 is 1.47 bits per heavy atom. The van der Waals surface area contributed by atoms with Crippen molar-refractivity contribution in [2.45, 2.75) is 52.0 Å². The van der Waals surface area contributed by atoms with E-state index in [0.29, 0.717) is 5.92 Å². The van der Waals surface area contributed by atoms with Gasteiger partial charge in [-0.1, -0.05) is 19.8 Å². The summed E-state index contributed by atoms with van der Waals surface area (Å²) in [5, 5.41) is 11.6. The molecule has 0 bridgehead atoms. The summed E-state index contributed by atoms with van der Waals surface area (Å²) in [4.78, 5) is 11.8. The number of nitrogens with one attached hydrogen (secondary N) is 1. The van der Waals surface area contributed by atoms with Gasteiger partial charge in [0, 0.05) is 5.92 Å². The van der Waals surface area contributed by atoms with Gasteiger partial charge in [0.25, 0.3) is 0 Å². The first-order valence-electron chi connectivity index (χ1n) is 5.69. The molecule has 0 heterocycles. The first-order valence-corrected chi connectivity index (χ1v) is 5.69. The average molecular weight is 208 g/mol. The molecule has 1 rings (SSSR count). The van der Waals surface area contributed by atoms with Gasteiger partial charge in [0.05, 0.1) is 6.07 Å². The highest BCUT2D eigenvalue weighted by Crippen LogP contribution is 2.31. The van der Waals surface area contributed by atoms with Crippen molar-refractivity contribution in [3.05, 3.63) is 0 Å². The lowest BCUT2D eigenvalue weighted by molar-refractivity contribution is -0.127. The van der Waals surface area contributed by atoms with Gasteiger partial charge in [-0.2, -0.15) is 5.26 Å². The second-order valence-electron chi connectivity index (χ2n) is 5.06. The summed E-state index contributed by atoms with van der Waals surface area (Å²) in [6, 6.07) is 2.09. The third-order valence-corrected chi connectivity index (χ3v) is 3.24. The second-order valence-corrected chi connectivity index (χ2v) is 5.06. The Hall–Kier alpha value is -1.04. The van der Waals surface area contributed by atoms with Crippen LogP contribution in [0.1, 0.15) is 46.5 Å². The number of nitriles is 1. The maximum absolute atomic E-state index is 11.8. The van der Waals surface area contributed by atoms with Crippen LogP contribution in [0.25, 0.3) is 0 Å². The minimum Gasteiger partial charge on any atom is -0.338 e. The number of carbonyl (C=O) groups is 1. The molecule has 0 radical (unpaired) electrons. The molecule has 0 saturated heterocycles. The fourth-order valence-corrected chi connectivity index (χ4v) is 2.12. The third-order valence-electron chi connectivity index (χ3n) is 3.24. The molecule has 1 fully saturated rings. The first kappa shape index (κ1) is 12.0. The van der Waals surface area contributed by atoms with E-state index in [1.165, 1.54) is 12.8 Å². The summed E-state index contributed by atoms with van der Waals surface area (Å²) in [6.45, 7) is 5.43. The van der Waals surface area contributed by atoms with Crippen LogP contribution in [0, 0.1) is 23.2 Å². The molecule has 0 aromatic carbocycles. The summed E-state index contributed by atoms with van der Waals surface area (Å²) in [7, 11) is 0. The van der Waals surface area contributed by atoms with Crippen LogP contribution in [0.5, 0.6) is 0 Å². The Bertz CT molecular complexity index is 272. The van der Waals surface area contributed by atoms with Crippen LogP contribution in [0.15, 0.2) is 0 Å². The standard InChI is InChI=1S/C12H20N2O/c1-9(10-6-4-5-7-10)11(15)14-12(2,3)8-13/h9-10H,4-7H2,1-3H3,(H,14,15). The Labute approximate surface area is 91.9 Å². The molecule has 1 aliphatic carbocycles. The van der Waals surface area contributed by atoms with Crippen molar-refractivity contribution < 1.29 is 4.79 Å². The smallest absolute Gasteiger partial charge is 0.224 e. The van der Waals surface area contributed by atoms with Crippen LogP contribution >= 0.6 is 0 Å². The number of nitrogens with zero attached hydrogens (tertiary/aromatic N) is 1. The summed E-state index contributed by atoms with van der Waals surface area (Å²) in [5.41, 5.74) is -0.746. The van der Waals surface area contributed by atoms with Crippen LogP contribution in [-0.4, -0.2) is 11.4 Å². The minimum absolute atomic E-state index is 0.0217. The van der Waals surface area contributed by atoms with Crippen LogP contribution in [0.3, 0.4) is 0 Å². The maximum Gasteiger partial charge on any atom is 0.224 e. The number of hydrogen-bond donors (Lipinski definition) is 1. The van der Waals surface area contributed by atoms with Gasteiger partial charge in [-0.05, 0) is 32.6 Å². The number of rotatable bonds is 3. The highest BCUT2D eigenvalue weighted by molar-refractivity contribution is 5.79. The molecule has 15 heavy (non-hydrogen) atoms. The molecular weight excluding hydrogens is 188 g/mol. The van der Waals surface area contributed by atoms with E-state index in [1.807, 2.05) is 6.92 Å². The molecule has 1 amide bonds. The van der Waals surface area contributed by atoms with Crippen LogP contribution < -0.4 is 5.32 Å². The number of hydrogen-bond acceptors (Lipinski definition) is 2. The van der Waals surface area contributed by atoms with E-state index < -0.39 is 5.54 Å². The summed E-state index contributed by atoms with van der Waals surface area (Å²) in [5.74, 6) is 0.577. The Morgan fingerprint density at radius 3 is 2.47 bits per heavy atom. The molecule has 3 nitrogen and oxygen atoms in total. The molecule has 1 aliphatic rings. The molecule has 0 aromatic rings. The molecule has 0 aromatic heterocycles. The largest absolute Gasteiger partial charge is 0.338 e. The van der Waals surface area contributed by atoms with Crippen molar-refractivity contribution >= 4 is 5.91 Å². The predicted octanol–water partition coefficient (Wildman–Crippen LogP) is 2.23. The van der Waals surface area contributed by atoms with E-state index in [1.54, 1.807) is 13.8 Å². The lowest BCUT2D eigenvalue weighted by Gasteiger charge is -2.23. The van der Waals surface area contributed by atoms with Crippen molar-refractivity contribution in [1.82, 2.24) is 5.32 Å². The van der Waals surface area contributed by atoms with E-state index in [0.717, 1.165) is 12.8 Å². The zero-order valence-corrected chi connectivity index (χ0v) is 9.84. The van der Waals surface area contributed by atoms with Crippen LogP contribution in [0.2, 0.25) is 0 Å². The molecule has 3 heteroatoms. The van der Waals surface area contributed by atoms with Gasteiger partial charge < -0.3 is 5.32 Å². The van der Waals surface area contributed by atoms with E-state index in [-0.39, 0.29) is 11.8 Å². The van der Waals surface area contributed by atoms with Crippen molar-refractivity contribution in [2.75, 3.05) is 0 Å². The maximum atomic E-state index is 11.8. The molecule has 1 saturated carbocycles. The highest BCUT2D eigenvalue weighted by atomic mass is 16.2. The predicted molar refractivity (Wildman–Crippen MR) is 59.0 cm³/mol. The van der Waals surface area contributed by atoms with Gasteiger partial charge >= 0.3 is 0 Å². The minimum atomic E-state index is -0.746. The number of carbonyl (C=O) groups excluding carboxylic acids is 1. The van der Waals surface area contributed by atoms with Crippen molar-refractivity contribution in [1.29, 1.82) is 5.26 Å². The third kappa shape index (κ3) is 3.23. The highest BCUT2D eigenvalue weighted by Gasteiger charge is 2.29. The molecule has 1 unspecified atom stereocenters. The van der Waals surface area contributed by atoms with Crippen molar-refractivity contribution in [3.63, 3.8) is 0 Å². The van der Waals surface area contributed by atoms with Gasteiger partial charge in [0.1, 0.15) is 5.54 Å². The van der Waals surface area contributed by atoms with Gasteiger partial charge in [-0.3, -0.25) is 4.79 Å².